The molecule has 0 aromatic heterocycles. The van der Waals surface area contributed by atoms with Crippen molar-refractivity contribution in [1.29, 1.82) is 0 Å². The zero-order valence-electron chi connectivity index (χ0n) is 10.4. The molecule has 0 bridgehead atoms. The molecule has 0 saturated carbocycles. The lowest BCUT2D eigenvalue weighted by Gasteiger charge is -2.27. The van der Waals surface area contributed by atoms with Crippen molar-refractivity contribution in [3.05, 3.63) is 47.0 Å². The van der Waals surface area contributed by atoms with Crippen LogP contribution < -0.4 is 5.32 Å². The van der Waals surface area contributed by atoms with E-state index in [1.54, 1.807) is 35.9 Å². The van der Waals surface area contributed by atoms with Crippen LogP contribution in [-0.2, 0) is 18.8 Å². The monoisotopic (exact) mass is 299 g/mol. The van der Waals surface area contributed by atoms with Gasteiger partial charge in [0, 0.05) is 18.0 Å². The van der Waals surface area contributed by atoms with Crippen molar-refractivity contribution >= 4 is 27.6 Å². The Morgan fingerprint density at radius 2 is 1.95 bits per heavy atom. The van der Waals surface area contributed by atoms with Crippen molar-refractivity contribution in [2.24, 2.45) is 0 Å². The van der Waals surface area contributed by atoms with Crippen LogP contribution in [0.4, 0.5) is 0 Å². The molecule has 0 spiro atoms. The van der Waals surface area contributed by atoms with Crippen LogP contribution in [0, 0.1) is 0 Å². The smallest absolute Gasteiger partial charge is 0.337 e. The number of benzene rings is 1. The van der Waals surface area contributed by atoms with Crippen LogP contribution >= 0.6 is 11.8 Å². The predicted molar refractivity (Wildman–Crippen MR) is 74.2 cm³/mol. The SMILES string of the molecule is COC(=O)c1ccc(C2(S(C)(=O)=O)NC=CS2)cc1. The number of thioether (sulfide) groups is 1. The first-order valence-electron chi connectivity index (χ1n) is 5.40. The quantitative estimate of drug-likeness (QED) is 0.851. The largest absolute Gasteiger partial charge is 0.465 e. The van der Waals surface area contributed by atoms with Gasteiger partial charge in [0.1, 0.15) is 0 Å². The van der Waals surface area contributed by atoms with Gasteiger partial charge in [-0.2, -0.15) is 0 Å². The molecular formula is C12H13NO4S2. The first-order valence-corrected chi connectivity index (χ1v) is 8.17. The molecule has 1 aliphatic heterocycles. The number of nitrogens with one attached hydrogen (secondary N) is 1. The van der Waals surface area contributed by atoms with Crippen molar-refractivity contribution in [3.63, 3.8) is 0 Å². The van der Waals surface area contributed by atoms with Gasteiger partial charge in [-0.05, 0) is 17.5 Å². The van der Waals surface area contributed by atoms with Gasteiger partial charge in [0.05, 0.1) is 12.7 Å². The molecule has 1 aromatic carbocycles. The van der Waals surface area contributed by atoms with Gasteiger partial charge < -0.3 is 10.1 Å². The number of carbonyl (C=O) groups is 1. The number of rotatable bonds is 3. The molecule has 1 atom stereocenters. The topological polar surface area (TPSA) is 72.5 Å². The molecule has 0 saturated heterocycles. The number of sulfone groups is 1. The normalized spacial score (nSPS) is 22.0. The summed E-state index contributed by atoms with van der Waals surface area (Å²) in [5, 5.41) is 4.56. The molecule has 102 valence electrons. The molecule has 7 heteroatoms. The summed E-state index contributed by atoms with van der Waals surface area (Å²) in [6.45, 7) is 0. The summed E-state index contributed by atoms with van der Waals surface area (Å²) in [7, 11) is -2.08. The third-order valence-electron chi connectivity index (χ3n) is 2.78. The number of ether oxygens (including phenoxy) is 1. The lowest BCUT2D eigenvalue weighted by Crippen LogP contribution is -2.40. The van der Waals surface area contributed by atoms with Gasteiger partial charge in [-0.25, -0.2) is 13.2 Å². The first kappa shape index (κ1) is 14.0. The number of hydrogen-bond donors (Lipinski definition) is 1. The molecule has 0 radical (unpaired) electrons. The summed E-state index contributed by atoms with van der Waals surface area (Å²) in [5.41, 5.74) is 0.948. The van der Waals surface area contributed by atoms with Gasteiger partial charge in [0.2, 0.25) is 4.20 Å². The maximum absolute atomic E-state index is 12.0. The predicted octanol–water partition coefficient (Wildman–Crippen LogP) is 1.44. The molecule has 0 amide bonds. The number of hydrogen-bond acceptors (Lipinski definition) is 6. The van der Waals surface area contributed by atoms with Gasteiger partial charge >= 0.3 is 5.97 Å². The number of esters is 1. The summed E-state index contributed by atoms with van der Waals surface area (Å²) >= 11 is 1.17. The zero-order valence-corrected chi connectivity index (χ0v) is 12.0. The Labute approximate surface area is 115 Å². The standard InChI is InChI=1S/C12H13NO4S2/c1-17-11(14)9-3-5-10(6-4-9)12(19(2,15)16)13-7-8-18-12/h3-8,13H,1-2H3. The summed E-state index contributed by atoms with van der Waals surface area (Å²) in [5.74, 6) is -0.454. The Hall–Kier alpha value is -1.47. The molecule has 5 nitrogen and oxygen atoms in total. The lowest BCUT2D eigenvalue weighted by molar-refractivity contribution is 0.0600. The van der Waals surface area contributed by atoms with E-state index in [-0.39, 0.29) is 0 Å². The second-order valence-electron chi connectivity index (χ2n) is 4.02. The van der Waals surface area contributed by atoms with Crippen LogP contribution in [0.25, 0.3) is 0 Å². The van der Waals surface area contributed by atoms with E-state index in [0.29, 0.717) is 11.1 Å². The minimum Gasteiger partial charge on any atom is -0.465 e. The second kappa shape index (κ2) is 4.90. The fraction of sp³-hybridized carbons (Fsp3) is 0.250. The van der Waals surface area contributed by atoms with Crippen molar-refractivity contribution < 1.29 is 17.9 Å². The highest BCUT2D eigenvalue weighted by Crippen LogP contribution is 2.42. The highest BCUT2D eigenvalue weighted by atomic mass is 32.3. The molecule has 2 rings (SSSR count). The van der Waals surface area contributed by atoms with Gasteiger partial charge in [0.25, 0.3) is 0 Å². The van der Waals surface area contributed by atoms with E-state index in [0.717, 1.165) is 0 Å². The zero-order chi connectivity index (χ0) is 14.1. The third-order valence-corrected chi connectivity index (χ3v) is 6.34. The Morgan fingerprint density at radius 3 is 2.37 bits per heavy atom. The fourth-order valence-electron chi connectivity index (χ4n) is 1.81. The van der Waals surface area contributed by atoms with Crippen molar-refractivity contribution in [1.82, 2.24) is 5.32 Å². The van der Waals surface area contributed by atoms with E-state index in [4.69, 9.17) is 0 Å². The fourth-order valence-corrected chi connectivity index (χ4v) is 4.26. The minimum absolute atomic E-state index is 0.380. The summed E-state index contributed by atoms with van der Waals surface area (Å²) in [6.07, 6.45) is 2.77. The minimum atomic E-state index is -3.38. The van der Waals surface area contributed by atoms with Crippen molar-refractivity contribution in [2.45, 2.75) is 4.20 Å². The van der Waals surface area contributed by atoms with Crippen molar-refractivity contribution in [3.8, 4) is 0 Å². The Kier molecular flexibility index (Phi) is 3.60. The average molecular weight is 299 g/mol. The second-order valence-corrected chi connectivity index (χ2v) is 7.56. The lowest BCUT2D eigenvalue weighted by atomic mass is 10.1. The van der Waals surface area contributed by atoms with Crippen molar-refractivity contribution in [2.75, 3.05) is 13.4 Å². The van der Waals surface area contributed by atoms with E-state index in [1.807, 2.05) is 0 Å². The van der Waals surface area contributed by atoms with Crippen LogP contribution in [0.3, 0.4) is 0 Å². The van der Waals surface area contributed by atoms with E-state index in [2.05, 4.69) is 10.1 Å². The molecule has 1 unspecified atom stereocenters. The van der Waals surface area contributed by atoms with Gasteiger partial charge in [-0.15, -0.1) is 0 Å². The van der Waals surface area contributed by atoms with Crippen LogP contribution in [-0.4, -0.2) is 27.8 Å². The first-order chi connectivity index (χ1) is 8.90. The van der Waals surface area contributed by atoms with Crippen LogP contribution in [0.15, 0.2) is 35.9 Å². The summed E-state index contributed by atoms with van der Waals surface area (Å²) < 4.78 is 27.4. The van der Waals surface area contributed by atoms with Gasteiger partial charge in [-0.3, -0.25) is 0 Å². The van der Waals surface area contributed by atoms with Crippen LogP contribution in [0.2, 0.25) is 0 Å². The molecule has 1 N–H and O–H groups in total. The van der Waals surface area contributed by atoms with E-state index >= 15 is 0 Å². The summed E-state index contributed by atoms with van der Waals surface area (Å²) in [6, 6.07) is 6.32. The van der Waals surface area contributed by atoms with E-state index in [9.17, 15) is 13.2 Å². The van der Waals surface area contributed by atoms with Crippen LogP contribution in [0.1, 0.15) is 15.9 Å². The molecule has 1 heterocycles. The average Bonchev–Trinajstić information content (AvgIpc) is 2.88. The van der Waals surface area contributed by atoms with E-state index < -0.39 is 20.0 Å². The molecule has 1 aliphatic rings. The molecule has 19 heavy (non-hydrogen) atoms. The maximum Gasteiger partial charge on any atom is 0.337 e. The van der Waals surface area contributed by atoms with Gasteiger partial charge in [-0.1, -0.05) is 23.9 Å². The van der Waals surface area contributed by atoms with E-state index in [1.165, 1.54) is 25.1 Å². The Balaban J connectivity index is 2.43. The highest BCUT2D eigenvalue weighted by Gasteiger charge is 2.44. The Bertz CT molecular complexity index is 612. The molecule has 0 aliphatic carbocycles. The van der Waals surface area contributed by atoms with Crippen LogP contribution in [0.5, 0.6) is 0 Å². The Morgan fingerprint density at radius 1 is 1.32 bits per heavy atom. The highest BCUT2D eigenvalue weighted by molar-refractivity contribution is 8.15. The third kappa shape index (κ3) is 2.35. The van der Waals surface area contributed by atoms with Gasteiger partial charge in [0.15, 0.2) is 9.84 Å². The maximum atomic E-state index is 12.0. The number of methoxy groups -OCH3 is 1. The molecular weight excluding hydrogens is 286 g/mol. The number of carbonyl (C=O) groups excluding carboxylic acids is 1. The molecule has 0 fully saturated rings. The molecule has 1 aromatic rings. The summed E-state index contributed by atoms with van der Waals surface area (Å²) in [4.78, 5) is 11.3.